The standard InChI is InChI=1S/C19H18ClN3O2/c1-3-10-23-19(25)15-7-5-4-6-14(15)17(22-23)18(24)21-16-9-8-13(20)11-12(16)2/h4-9,11H,3,10H2,1-2H3,(H,21,24). The van der Waals surface area contributed by atoms with E-state index in [2.05, 4.69) is 10.4 Å². The molecule has 0 unspecified atom stereocenters. The maximum Gasteiger partial charge on any atom is 0.276 e. The Morgan fingerprint density at radius 3 is 2.60 bits per heavy atom. The molecular formula is C19H18ClN3O2. The van der Waals surface area contributed by atoms with Crippen LogP contribution in [0.5, 0.6) is 0 Å². The van der Waals surface area contributed by atoms with Gasteiger partial charge in [-0.25, -0.2) is 4.68 Å². The molecule has 0 bridgehead atoms. The second-order valence-electron chi connectivity index (χ2n) is 5.84. The lowest BCUT2D eigenvalue weighted by molar-refractivity contribution is 0.102. The third-order valence-electron chi connectivity index (χ3n) is 3.95. The minimum absolute atomic E-state index is 0.184. The van der Waals surface area contributed by atoms with E-state index in [-0.39, 0.29) is 17.2 Å². The molecule has 128 valence electrons. The normalized spacial score (nSPS) is 10.8. The number of aryl methyl sites for hydroxylation is 2. The molecule has 6 heteroatoms. The number of nitrogens with zero attached hydrogens (tertiary/aromatic N) is 2. The molecule has 3 aromatic rings. The Balaban J connectivity index is 2.09. The molecule has 3 rings (SSSR count). The minimum atomic E-state index is -0.355. The summed E-state index contributed by atoms with van der Waals surface area (Å²) in [5.74, 6) is -0.355. The first-order valence-corrected chi connectivity index (χ1v) is 8.46. The van der Waals surface area contributed by atoms with Gasteiger partial charge in [0.15, 0.2) is 5.69 Å². The molecule has 0 aliphatic carbocycles. The van der Waals surface area contributed by atoms with Gasteiger partial charge in [-0.15, -0.1) is 0 Å². The lowest BCUT2D eigenvalue weighted by Crippen LogP contribution is -2.27. The Labute approximate surface area is 150 Å². The molecule has 1 aromatic heterocycles. The van der Waals surface area contributed by atoms with Gasteiger partial charge < -0.3 is 5.32 Å². The minimum Gasteiger partial charge on any atom is -0.320 e. The van der Waals surface area contributed by atoms with Crippen LogP contribution in [0, 0.1) is 6.92 Å². The van der Waals surface area contributed by atoms with Crippen LogP contribution in [0.3, 0.4) is 0 Å². The Morgan fingerprint density at radius 1 is 1.20 bits per heavy atom. The summed E-state index contributed by atoms with van der Waals surface area (Å²) in [6.07, 6.45) is 0.753. The van der Waals surface area contributed by atoms with Gasteiger partial charge in [0.2, 0.25) is 0 Å². The van der Waals surface area contributed by atoms with Gasteiger partial charge in [0.1, 0.15) is 0 Å². The van der Waals surface area contributed by atoms with Crippen molar-refractivity contribution in [1.82, 2.24) is 9.78 Å². The second-order valence-corrected chi connectivity index (χ2v) is 6.27. The molecule has 0 aliphatic heterocycles. The van der Waals surface area contributed by atoms with E-state index in [1.807, 2.05) is 13.8 Å². The first kappa shape index (κ1) is 17.2. The highest BCUT2D eigenvalue weighted by Crippen LogP contribution is 2.21. The summed E-state index contributed by atoms with van der Waals surface area (Å²) in [4.78, 5) is 25.3. The van der Waals surface area contributed by atoms with Gasteiger partial charge >= 0.3 is 0 Å². The highest BCUT2D eigenvalue weighted by Gasteiger charge is 2.17. The van der Waals surface area contributed by atoms with Gasteiger partial charge in [-0.3, -0.25) is 9.59 Å². The van der Waals surface area contributed by atoms with Crippen LogP contribution in [0.4, 0.5) is 5.69 Å². The van der Waals surface area contributed by atoms with Crippen LogP contribution < -0.4 is 10.9 Å². The van der Waals surface area contributed by atoms with Crippen molar-refractivity contribution in [2.45, 2.75) is 26.8 Å². The van der Waals surface area contributed by atoms with Crippen molar-refractivity contribution in [2.75, 3.05) is 5.32 Å². The Bertz CT molecular complexity index is 1010. The summed E-state index contributed by atoms with van der Waals surface area (Å²) in [6.45, 7) is 4.29. The number of nitrogens with one attached hydrogen (secondary N) is 1. The van der Waals surface area contributed by atoms with Crippen LogP contribution in [0.2, 0.25) is 5.02 Å². The molecule has 0 saturated heterocycles. The lowest BCUT2D eigenvalue weighted by Gasteiger charge is -2.12. The number of hydrogen-bond acceptors (Lipinski definition) is 3. The molecule has 0 fully saturated rings. The third kappa shape index (κ3) is 3.42. The van der Waals surface area contributed by atoms with Crippen molar-refractivity contribution in [3.63, 3.8) is 0 Å². The Hall–Kier alpha value is -2.66. The summed E-state index contributed by atoms with van der Waals surface area (Å²) in [7, 11) is 0. The smallest absolute Gasteiger partial charge is 0.276 e. The van der Waals surface area contributed by atoms with Crippen molar-refractivity contribution in [2.24, 2.45) is 0 Å². The van der Waals surface area contributed by atoms with E-state index in [9.17, 15) is 9.59 Å². The number of benzene rings is 2. The monoisotopic (exact) mass is 355 g/mol. The van der Waals surface area contributed by atoms with Crippen molar-refractivity contribution in [3.05, 3.63) is 69.1 Å². The maximum absolute atomic E-state index is 12.8. The van der Waals surface area contributed by atoms with Crippen LogP contribution in [0.1, 0.15) is 29.4 Å². The van der Waals surface area contributed by atoms with Crippen molar-refractivity contribution in [3.8, 4) is 0 Å². The molecule has 0 radical (unpaired) electrons. The second kappa shape index (κ2) is 7.07. The quantitative estimate of drug-likeness (QED) is 0.768. The summed E-state index contributed by atoms with van der Waals surface area (Å²) >= 11 is 5.96. The van der Waals surface area contributed by atoms with Gasteiger partial charge in [-0.2, -0.15) is 5.10 Å². The van der Waals surface area contributed by atoms with E-state index in [4.69, 9.17) is 11.6 Å². The molecule has 0 aliphatic rings. The number of carbonyl (C=O) groups is 1. The maximum atomic E-state index is 12.8. The van der Waals surface area contributed by atoms with Crippen LogP contribution in [-0.2, 0) is 6.54 Å². The zero-order chi connectivity index (χ0) is 18.0. The Kier molecular flexibility index (Phi) is 4.86. The average molecular weight is 356 g/mol. The predicted molar refractivity (Wildman–Crippen MR) is 100 cm³/mol. The van der Waals surface area contributed by atoms with Crippen LogP contribution in [-0.4, -0.2) is 15.7 Å². The molecule has 1 heterocycles. The first-order valence-electron chi connectivity index (χ1n) is 8.08. The number of rotatable bonds is 4. The SMILES string of the molecule is CCCn1nc(C(=O)Nc2ccc(Cl)cc2C)c2ccccc2c1=O. The third-order valence-corrected chi connectivity index (χ3v) is 4.19. The summed E-state index contributed by atoms with van der Waals surface area (Å²) < 4.78 is 1.35. The molecule has 5 nitrogen and oxygen atoms in total. The zero-order valence-corrected chi connectivity index (χ0v) is 14.8. The molecular weight excluding hydrogens is 338 g/mol. The summed E-state index contributed by atoms with van der Waals surface area (Å²) in [5, 5.41) is 8.80. The molecule has 1 amide bonds. The summed E-state index contributed by atoms with van der Waals surface area (Å²) in [6, 6.07) is 12.3. The summed E-state index contributed by atoms with van der Waals surface area (Å²) in [5.41, 5.74) is 1.57. The molecule has 25 heavy (non-hydrogen) atoms. The van der Waals surface area contributed by atoms with E-state index < -0.39 is 0 Å². The van der Waals surface area contributed by atoms with Crippen molar-refractivity contribution < 1.29 is 4.79 Å². The molecule has 0 atom stereocenters. The highest BCUT2D eigenvalue weighted by atomic mass is 35.5. The van der Waals surface area contributed by atoms with Gasteiger partial charge in [0, 0.05) is 22.6 Å². The van der Waals surface area contributed by atoms with Gasteiger partial charge in [0.25, 0.3) is 11.5 Å². The fourth-order valence-corrected chi connectivity index (χ4v) is 2.94. The number of anilines is 1. The van der Waals surface area contributed by atoms with Crippen LogP contribution in [0.25, 0.3) is 10.8 Å². The van der Waals surface area contributed by atoms with E-state index >= 15 is 0 Å². The highest BCUT2D eigenvalue weighted by molar-refractivity contribution is 6.30. The molecule has 0 saturated carbocycles. The predicted octanol–water partition coefficient (Wildman–Crippen LogP) is 4.02. The largest absolute Gasteiger partial charge is 0.320 e. The Morgan fingerprint density at radius 2 is 1.92 bits per heavy atom. The van der Waals surface area contributed by atoms with Gasteiger partial charge in [0.05, 0.1) is 5.39 Å². The van der Waals surface area contributed by atoms with Crippen molar-refractivity contribution in [1.29, 1.82) is 0 Å². The van der Waals surface area contributed by atoms with Crippen LogP contribution >= 0.6 is 11.6 Å². The molecule has 0 spiro atoms. The number of aromatic nitrogens is 2. The van der Waals surface area contributed by atoms with Gasteiger partial charge in [-0.05, 0) is 43.2 Å². The fraction of sp³-hybridized carbons (Fsp3) is 0.211. The van der Waals surface area contributed by atoms with Crippen molar-refractivity contribution >= 4 is 34.0 Å². The van der Waals surface area contributed by atoms with Crippen LogP contribution in [0.15, 0.2) is 47.3 Å². The number of amides is 1. The average Bonchev–Trinajstić information content (AvgIpc) is 2.60. The molecule has 2 aromatic carbocycles. The number of halogens is 1. The van der Waals surface area contributed by atoms with Gasteiger partial charge in [-0.1, -0.05) is 36.7 Å². The first-order chi connectivity index (χ1) is 12.0. The molecule has 1 N–H and O–H groups in total. The van der Waals surface area contributed by atoms with E-state index in [0.717, 1.165) is 12.0 Å². The lowest BCUT2D eigenvalue weighted by atomic mass is 10.1. The number of fused-ring (bicyclic) bond motifs is 1. The van der Waals surface area contributed by atoms with E-state index in [1.165, 1.54) is 4.68 Å². The number of carbonyl (C=O) groups excluding carboxylic acids is 1. The fourth-order valence-electron chi connectivity index (χ4n) is 2.72. The topological polar surface area (TPSA) is 64.0 Å². The zero-order valence-electron chi connectivity index (χ0n) is 14.0. The van der Waals surface area contributed by atoms with E-state index in [0.29, 0.717) is 28.0 Å². The number of hydrogen-bond donors (Lipinski definition) is 1. The van der Waals surface area contributed by atoms with E-state index in [1.54, 1.807) is 42.5 Å².